The van der Waals surface area contributed by atoms with Crippen LogP contribution >= 0.6 is 24.0 Å². The van der Waals surface area contributed by atoms with Gasteiger partial charge in [0.1, 0.15) is 4.32 Å². The van der Waals surface area contributed by atoms with Crippen molar-refractivity contribution in [2.24, 2.45) is 0 Å². The number of thioether (sulfide) groups is 1. The zero-order valence-electron chi connectivity index (χ0n) is 19.4. The van der Waals surface area contributed by atoms with Crippen LogP contribution in [0.5, 0.6) is 11.5 Å². The van der Waals surface area contributed by atoms with Crippen LogP contribution in [0.15, 0.2) is 47.4 Å². The van der Waals surface area contributed by atoms with Crippen molar-refractivity contribution in [3.8, 4) is 11.5 Å². The molecule has 1 aliphatic heterocycles. The molecule has 1 fully saturated rings. The summed E-state index contributed by atoms with van der Waals surface area (Å²) < 4.78 is 11.7. The van der Waals surface area contributed by atoms with Crippen LogP contribution in [0.2, 0.25) is 0 Å². The van der Waals surface area contributed by atoms with Gasteiger partial charge in [-0.3, -0.25) is 19.3 Å². The van der Waals surface area contributed by atoms with E-state index in [1.165, 1.54) is 10.5 Å². The molecular weight excluding hydrogens is 488 g/mol. The summed E-state index contributed by atoms with van der Waals surface area (Å²) in [5.74, 6) is -0.797. The van der Waals surface area contributed by atoms with E-state index >= 15 is 0 Å². The molecule has 10 heteroatoms. The Morgan fingerprint density at radius 3 is 2.51 bits per heavy atom. The maximum Gasteiger partial charge on any atom is 0.305 e. The first-order valence-corrected chi connectivity index (χ1v) is 12.3. The Labute approximate surface area is 213 Å². The Balaban J connectivity index is 1.67. The lowest BCUT2D eigenvalue weighted by Crippen LogP contribution is -2.30. The van der Waals surface area contributed by atoms with E-state index in [2.05, 4.69) is 12.2 Å². The van der Waals surface area contributed by atoms with Gasteiger partial charge in [0.15, 0.2) is 18.1 Å². The summed E-state index contributed by atoms with van der Waals surface area (Å²) in [7, 11) is 0. The van der Waals surface area contributed by atoms with Crippen molar-refractivity contribution >= 4 is 57.8 Å². The molecule has 1 saturated heterocycles. The number of aliphatic carboxylic acids is 1. The highest BCUT2D eigenvalue weighted by molar-refractivity contribution is 8.26. The van der Waals surface area contributed by atoms with Gasteiger partial charge in [-0.05, 0) is 54.8 Å². The number of carboxylic acids is 1. The van der Waals surface area contributed by atoms with E-state index in [-0.39, 0.29) is 31.4 Å². The summed E-state index contributed by atoms with van der Waals surface area (Å²) in [5.41, 5.74) is 2.56. The Morgan fingerprint density at radius 1 is 1.11 bits per heavy atom. The van der Waals surface area contributed by atoms with Crippen LogP contribution < -0.4 is 14.8 Å². The number of carboxylic acid groups (broad SMARTS) is 1. The topological polar surface area (TPSA) is 105 Å². The maximum atomic E-state index is 12.6. The fourth-order valence-electron chi connectivity index (χ4n) is 3.22. The van der Waals surface area contributed by atoms with E-state index < -0.39 is 5.97 Å². The van der Waals surface area contributed by atoms with Gasteiger partial charge >= 0.3 is 5.97 Å². The number of ether oxygens (including phenoxy) is 2. The number of thiocarbonyl (C=S) groups is 1. The van der Waals surface area contributed by atoms with Gasteiger partial charge in [0.05, 0.1) is 17.9 Å². The van der Waals surface area contributed by atoms with Crippen molar-refractivity contribution in [2.75, 3.05) is 25.1 Å². The molecule has 2 amide bonds. The lowest BCUT2D eigenvalue weighted by Gasteiger charge is -2.13. The fraction of sp³-hybridized carbons (Fsp3) is 0.280. The molecule has 1 aliphatic rings. The number of nitrogens with zero attached hydrogens (tertiary/aromatic N) is 1. The summed E-state index contributed by atoms with van der Waals surface area (Å²) >= 11 is 6.34. The standard InChI is InChI=1S/C25H26N2O6S2/c1-3-16-5-8-18(9-6-16)26-22(28)15-33-19-10-7-17(13-20(19)32-4-2)14-21-24(31)27(25(34)35-21)12-11-23(29)30/h5-10,13-14H,3-4,11-12,15H2,1-2H3,(H,26,28)(H,29,30)/b21-14-. The molecule has 0 unspecified atom stereocenters. The molecule has 184 valence electrons. The van der Waals surface area contributed by atoms with Gasteiger partial charge in [-0.25, -0.2) is 0 Å². The van der Waals surface area contributed by atoms with Crippen LogP contribution in [0.3, 0.4) is 0 Å². The third-order valence-corrected chi connectivity index (χ3v) is 6.37. The third kappa shape index (κ3) is 7.30. The van der Waals surface area contributed by atoms with Crippen LogP contribution in [-0.4, -0.2) is 51.9 Å². The van der Waals surface area contributed by atoms with Crippen LogP contribution in [0.4, 0.5) is 5.69 Å². The number of hydrogen-bond acceptors (Lipinski definition) is 7. The molecule has 0 aliphatic carbocycles. The summed E-state index contributed by atoms with van der Waals surface area (Å²) in [4.78, 5) is 37.5. The molecular formula is C25H26N2O6S2. The van der Waals surface area contributed by atoms with Crippen molar-refractivity contribution in [3.05, 3.63) is 58.5 Å². The molecule has 2 N–H and O–H groups in total. The smallest absolute Gasteiger partial charge is 0.305 e. The molecule has 35 heavy (non-hydrogen) atoms. The van der Waals surface area contributed by atoms with Gasteiger partial charge in [0.2, 0.25) is 0 Å². The number of nitrogens with one attached hydrogen (secondary N) is 1. The highest BCUT2D eigenvalue weighted by atomic mass is 32.2. The molecule has 0 radical (unpaired) electrons. The van der Waals surface area contributed by atoms with Gasteiger partial charge in [-0.2, -0.15) is 0 Å². The highest BCUT2D eigenvalue weighted by Crippen LogP contribution is 2.35. The molecule has 2 aromatic carbocycles. The Kier molecular flexibility index (Phi) is 9.27. The summed E-state index contributed by atoms with van der Waals surface area (Å²) in [6, 6.07) is 12.7. The van der Waals surface area contributed by atoms with Gasteiger partial charge in [-0.1, -0.05) is 49.1 Å². The molecule has 0 saturated carbocycles. The minimum atomic E-state index is -0.997. The average molecular weight is 515 g/mol. The van der Waals surface area contributed by atoms with E-state index in [9.17, 15) is 14.4 Å². The van der Waals surface area contributed by atoms with Crippen LogP contribution in [-0.2, 0) is 20.8 Å². The lowest BCUT2D eigenvalue weighted by atomic mass is 10.1. The lowest BCUT2D eigenvalue weighted by molar-refractivity contribution is -0.137. The number of amides is 2. The largest absolute Gasteiger partial charge is 0.490 e. The predicted molar refractivity (Wildman–Crippen MR) is 140 cm³/mol. The van der Waals surface area contributed by atoms with E-state index in [0.29, 0.717) is 38.6 Å². The minimum Gasteiger partial charge on any atom is -0.490 e. The predicted octanol–water partition coefficient (Wildman–Crippen LogP) is 4.34. The number of anilines is 1. The molecule has 1 heterocycles. The molecule has 3 rings (SSSR count). The number of rotatable bonds is 11. The van der Waals surface area contributed by atoms with Crippen molar-refractivity contribution in [1.29, 1.82) is 0 Å². The molecule has 8 nitrogen and oxygen atoms in total. The first kappa shape index (κ1) is 26.2. The zero-order chi connectivity index (χ0) is 25.4. The van der Waals surface area contributed by atoms with Crippen molar-refractivity contribution in [1.82, 2.24) is 4.90 Å². The van der Waals surface area contributed by atoms with Gasteiger partial charge in [0, 0.05) is 12.2 Å². The Hall–Kier alpha value is -3.37. The number of aryl methyl sites for hydroxylation is 1. The average Bonchev–Trinajstić information content (AvgIpc) is 3.09. The summed E-state index contributed by atoms with van der Waals surface area (Å²) in [5, 5.41) is 11.7. The maximum absolute atomic E-state index is 12.6. The molecule has 2 aromatic rings. The monoisotopic (exact) mass is 514 g/mol. The fourth-order valence-corrected chi connectivity index (χ4v) is 4.53. The first-order valence-electron chi connectivity index (χ1n) is 11.1. The number of hydrogen-bond donors (Lipinski definition) is 2. The van der Waals surface area contributed by atoms with Crippen LogP contribution in [0.25, 0.3) is 6.08 Å². The summed E-state index contributed by atoms with van der Waals surface area (Å²) in [6.07, 6.45) is 2.41. The summed E-state index contributed by atoms with van der Waals surface area (Å²) in [6.45, 7) is 4.11. The molecule has 0 atom stereocenters. The highest BCUT2D eigenvalue weighted by Gasteiger charge is 2.32. The van der Waals surface area contributed by atoms with Gasteiger partial charge in [0.25, 0.3) is 11.8 Å². The SMILES string of the molecule is CCOc1cc(/C=C2\SC(=S)N(CCC(=O)O)C2=O)ccc1OCC(=O)Nc1ccc(CC)cc1. The number of benzene rings is 2. The van der Waals surface area contributed by atoms with Crippen LogP contribution in [0.1, 0.15) is 31.4 Å². The number of carbonyl (C=O) groups excluding carboxylic acids is 2. The quantitative estimate of drug-likeness (QED) is 0.337. The van der Waals surface area contributed by atoms with Crippen molar-refractivity contribution < 1.29 is 29.0 Å². The minimum absolute atomic E-state index is 0.0269. The Bertz CT molecular complexity index is 1150. The van der Waals surface area contributed by atoms with Gasteiger partial charge in [-0.15, -0.1) is 0 Å². The molecule has 0 bridgehead atoms. The van der Waals surface area contributed by atoms with Crippen molar-refractivity contribution in [3.63, 3.8) is 0 Å². The first-order chi connectivity index (χ1) is 16.8. The zero-order valence-corrected chi connectivity index (χ0v) is 21.0. The van der Waals surface area contributed by atoms with Crippen molar-refractivity contribution in [2.45, 2.75) is 26.7 Å². The van der Waals surface area contributed by atoms with E-state index in [0.717, 1.165) is 18.2 Å². The van der Waals surface area contributed by atoms with E-state index in [1.807, 2.05) is 31.2 Å². The van der Waals surface area contributed by atoms with E-state index in [1.54, 1.807) is 24.3 Å². The second-order valence-corrected chi connectivity index (χ2v) is 9.18. The van der Waals surface area contributed by atoms with Gasteiger partial charge < -0.3 is 19.9 Å². The Morgan fingerprint density at radius 2 is 1.86 bits per heavy atom. The van der Waals surface area contributed by atoms with Crippen LogP contribution in [0, 0.1) is 0 Å². The second kappa shape index (κ2) is 12.4. The normalized spacial score (nSPS) is 14.3. The third-order valence-electron chi connectivity index (χ3n) is 4.99. The van der Waals surface area contributed by atoms with E-state index in [4.69, 9.17) is 26.8 Å². The molecule has 0 aromatic heterocycles. The number of carbonyl (C=O) groups is 3. The molecule has 0 spiro atoms. The second-order valence-electron chi connectivity index (χ2n) is 7.50.